The lowest BCUT2D eigenvalue weighted by atomic mass is 10.2. The van der Waals surface area contributed by atoms with Gasteiger partial charge >= 0.3 is 0 Å². The van der Waals surface area contributed by atoms with Gasteiger partial charge in [0.25, 0.3) is 0 Å². The highest BCUT2D eigenvalue weighted by atomic mass is 16.5. The minimum atomic E-state index is 0.219. The number of nitrogens with zero attached hydrogens (tertiary/aromatic N) is 3. The lowest BCUT2D eigenvalue weighted by molar-refractivity contribution is 0.138. The molecule has 6 heteroatoms. The van der Waals surface area contributed by atoms with Crippen LogP contribution in [0.5, 0.6) is 5.88 Å². The van der Waals surface area contributed by atoms with Gasteiger partial charge in [-0.15, -0.1) is 0 Å². The molecule has 2 N–H and O–H groups in total. The average Bonchev–Trinajstić information content (AvgIpc) is 2.59. The Morgan fingerprint density at radius 2 is 2.21 bits per heavy atom. The smallest absolute Gasteiger partial charge is 0.243 e. The predicted octanol–water partition coefficient (Wildman–Crippen LogP) is -0.297. The van der Waals surface area contributed by atoms with E-state index in [4.69, 9.17) is 4.74 Å². The molecule has 3 rings (SSSR count). The molecule has 6 nitrogen and oxygen atoms in total. The van der Waals surface area contributed by atoms with E-state index in [1.54, 1.807) is 6.33 Å². The molecule has 0 unspecified atom stereocenters. The SMILES string of the molecule is c1nc(OC2CNC2)c2[nH]cnc2n1. The third-order valence-corrected chi connectivity index (χ3v) is 2.21. The monoisotopic (exact) mass is 191 g/mol. The van der Waals surface area contributed by atoms with Crippen LogP contribution in [0.4, 0.5) is 0 Å². The summed E-state index contributed by atoms with van der Waals surface area (Å²) in [6.07, 6.45) is 3.27. The van der Waals surface area contributed by atoms with Crippen LogP contribution in [0.1, 0.15) is 0 Å². The fraction of sp³-hybridized carbons (Fsp3) is 0.375. The maximum absolute atomic E-state index is 5.64. The summed E-state index contributed by atoms with van der Waals surface area (Å²) in [4.78, 5) is 15.1. The van der Waals surface area contributed by atoms with Gasteiger partial charge < -0.3 is 15.0 Å². The van der Waals surface area contributed by atoms with Crippen molar-refractivity contribution >= 4 is 11.2 Å². The summed E-state index contributed by atoms with van der Waals surface area (Å²) >= 11 is 0. The fourth-order valence-electron chi connectivity index (χ4n) is 1.34. The van der Waals surface area contributed by atoms with Crippen LogP contribution >= 0.6 is 0 Å². The van der Waals surface area contributed by atoms with Gasteiger partial charge in [0.2, 0.25) is 5.88 Å². The molecular weight excluding hydrogens is 182 g/mol. The second-order valence-electron chi connectivity index (χ2n) is 3.18. The van der Waals surface area contributed by atoms with Crippen molar-refractivity contribution in [2.45, 2.75) is 6.10 Å². The van der Waals surface area contributed by atoms with Gasteiger partial charge in [-0.3, -0.25) is 0 Å². The standard InChI is InChI=1S/C8H9N5O/c1-5(2-9-1)14-8-6-7(11-3-10-6)12-4-13-8/h3-5,9H,1-2H2,(H,10,11,12,13). The van der Waals surface area contributed by atoms with E-state index in [0.717, 1.165) is 18.6 Å². The first kappa shape index (κ1) is 7.69. The number of hydrogen-bond acceptors (Lipinski definition) is 5. The molecule has 3 heterocycles. The number of rotatable bonds is 2. The van der Waals surface area contributed by atoms with Crippen molar-refractivity contribution in [3.05, 3.63) is 12.7 Å². The molecule has 0 saturated carbocycles. The van der Waals surface area contributed by atoms with Crippen molar-refractivity contribution in [2.75, 3.05) is 13.1 Å². The summed E-state index contributed by atoms with van der Waals surface area (Å²) in [7, 11) is 0. The van der Waals surface area contributed by atoms with Gasteiger partial charge in [-0.2, -0.15) is 4.98 Å². The summed E-state index contributed by atoms with van der Waals surface area (Å²) in [5.74, 6) is 0.582. The lowest BCUT2D eigenvalue weighted by Crippen LogP contribution is -2.50. The number of ether oxygens (including phenoxy) is 1. The van der Waals surface area contributed by atoms with Gasteiger partial charge in [-0.1, -0.05) is 0 Å². The van der Waals surface area contributed by atoms with Crippen LogP contribution in [-0.4, -0.2) is 39.1 Å². The molecule has 72 valence electrons. The van der Waals surface area contributed by atoms with Gasteiger partial charge in [0.05, 0.1) is 6.33 Å². The number of fused-ring (bicyclic) bond motifs is 1. The van der Waals surface area contributed by atoms with Crippen molar-refractivity contribution in [1.82, 2.24) is 25.3 Å². The molecule has 1 aliphatic rings. The zero-order valence-electron chi connectivity index (χ0n) is 7.40. The summed E-state index contributed by atoms with van der Waals surface area (Å²) in [6.45, 7) is 1.75. The molecule has 1 aliphatic heterocycles. The maximum Gasteiger partial charge on any atom is 0.243 e. The van der Waals surface area contributed by atoms with E-state index >= 15 is 0 Å². The van der Waals surface area contributed by atoms with Crippen LogP contribution in [0.25, 0.3) is 11.2 Å². The Kier molecular flexibility index (Phi) is 1.60. The quantitative estimate of drug-likeness (QED) is 0.681. The Morgan fingerprint density at radius 3 is 3.00 bits per heavy atom. The van der Waals surface area contributed by atoms with Crippen LogP contribution in [0.2, 0.25) is 0 Å². The van der Waals surface area contributed by atoms with Gasteiger partial charge in [-0.25, -0.2) is 9.97 Å². The highest BCUT2D eigenvalue weighted by Crippen LogP contribution is 2.18. The molecule has 2 aromatic rings. The van der Waals surface area contributed by atoms with Crippen molar-refractivity contribution in [2.24, 2.45) is 0 Å². The first-order chi connectivity index (χ1) is 6.93. The van der Waals surface area contributed by atoms with Crippen molar-refractivity contribution < 1.29 is 4.74 Å². The van der Waals surface area contributed by atoms with Crippen molar-refractivity contribution in [3.63, 3.8) is 0 Å². The molecule has 1 saturated heterocycles. The van der Waals surface area contributed by atoms with E-state index in [-0.39, 0.29) is 6.10 Å². The largest absolute Gasteiger partial charge is 0.470 e. The minimum Gasteiger partial charge on any atom is -0.470 e. The van der Waals surface area contributed by atoms with Crippen LogP contribution in [0, 0.1) is 0 Å². The summed E-state index contributed by atoms with van der Waals surface area (Å²) in [5.41, 5.74) is 1.40. The molecule has 0 aliphatic carbocycles. The molecule has 0 radical (unpaired) electrons. The number of aromatic nitrogens is 4. The third-order valence-electron chi connectivity index (χ3n) is 2.21. The average molecular weight is 191 g/mol. The molecule has 0 aromatic carbocycles. The third kappa shape index (κ3) is 1.12. The molecule has 0 bridgehead atoms. The van der Waals surface area contributed by atoms with E-state index in [1.165, 1.54) is 6.33 Å². The Labute approximate surface area is 79.7 Å². The van der Waals surface area contributed by atoms with Gasteiger partial charge in [0.15, 0.2) is 5.65 Å². The molecule has 14 heavy (non-hydrogen) atoms. The van der Waals surface area contributed by atoms with E-state index < -0.39 is 0 Å². The summed E-state index contributed by atoms with van der Waals surface area (Å²) in [6, 6.07) is 0. The zero-order chi connectivity index (χ0) is 9.38. The fourth-order valence-corrected chi connectivity index (χ4v) is 1.34. The number of imidazole rings is 1. The Bertz CT molecular complexity index is 450. The second kappa shape index (κ2) is 2.91. The molecule has 2 aromatic heterocycles. The van der Waals surface area contributed by atoms with Crippen LogP contribution in [0.15, 0.2) is 12.7 Å². The molecule has 0 spiro atoms. The first-order valence-electron chi connectivity index (χ1n) is 4.45. The zero-order valence-corrected chi connectivity index (χ0v) is 7.40. The number of hydrogen-bond donors (Lipinski definition) is 2. The Hall–Kier alpha value is -1.69. The summed E-state index contributed by atoms with van der Waals surface area (Å²) < 4.78 is 5.64. The molecule has 1 fully saturated rings. The topological polar surface area (TPSA) is 75.7 Å². The highest BCUT2D eigenvalue weighted by molar-refractivity contribution is 5.74. The Morgan fingerprint density at radius 1 is 1.29 bits per heavy atom. The predicted molar refractivity (Wildman–Crippen MR) is 49.0 cm³/mol. The molecular formula is C8H9N5O. The minimum absolute atomic E-state index is 0.219. The number of aromatic amines is 1. The summed E-state index contributed by atoms with van der Waals surface area (Å²) in [5, 5.41) is 3.13. The first-order valence-corrected chi connectivity index (χ1v) is 4.45. The highest BCUT2D eigenvalue weighted by Gasteiger charge is 2.20. The van der Waals surface area contributed by atoms with Crippen LogP contribution < -0.4 is 10.1 Å². The van der Waals surface area contributed by atoms with Gasteiger partial charge in [0.1, 0.15) is 17.9 Å². The Balaban J connectivity index is 1.97. The van der Waals surface area contributed by atoms with Crippen LogP contribution in [0.3, 0.4) is 0 Å². The van der Waals surface area contributed by atoms with Gasteiger partial charge in [-0.05, 0) is 0 Å². The molecule has 0 amide bonds. The van der Waals surface area contributed by atoms with E-state index in [1.807, 2.05) is 0 Å². The molecule has 0 atom stereocenters. The lowest BCUT2D eigenvalue weighted by Gasteiger charge is -2.27. The van der Waals surface area contributed by atoms with Crippen LogP contribution in [-0.2, 0) is 0 Å². The number of H-pyrrole nitrogens is 1. The van der Waals surface area contributed by atoms with Crippen molar-refractivity contribution in [1.29, 1.82) is 0 Å². The number of nitrogens with one attached hydrogen (secondary N) is 2. The van der Waals surface area contributed by atoms with E-state index in [0.29, 0.717) is 11.5 Å². The van der Waals surface area contributed by atoms with Gasteiger partial charge in [0, 0.05) is 13.1 Å². The second-order valence-corrected chi connectivity index (χ2v) is 3.18. The maximum atomic E-state index is 5.64. The van der Waals surface area contributed by atoms with E-state index in [9.17, 15) is 0 Å². The normalized spacial score (nSPS) is 16.9. The van der Waals surface area contributed by atoms with Crippen molar-refractivity contribution in [3.8, 4) is 5.88 Å². The van der Waals surface area contributed by atoms with E-state index in [2.05, 4.69) is 25.3 Å².